The van der Waals surface area contributed by atoms with E-state index in [1.54, 1.807) is 0 Å². The summed E-state index contributed by atoms with van der Waals surface area (Å²) in [6.07, 6.45) is 74.7. The van der Waals surface area contributed by atoms with Crippen molar-refractivity contribution in [3.63, 3.8) is 0 Å². The Balaban J connectivity index is 4.31. The van der Waals surface area contributed by atoms with Crippen molar-refractivity contribution in [2.45, 2.75) is 374 Å². The highest BCUT2D eigenvalue weighted by atomic mass is 16.6. The van der Waals surface area contributed by atoms with Gasteiger partial charge in [0.25, 0.3) is 0 Å². The molecule has 0 aliphatic heterocycles. The van der Waals surface area contributed by atoms with Gasteiger partial charge in [0.2, 0.25) is 0 Å². The number of unbranched alkanes of at least 4 members (excludes halogenated alkanes) is 46. The second kappa shape index (κ2) is 62.4. The van der Waals surface area contributed by atoms with Crippen molar-refractivity contribution in [1.29, 1.82) is 0 Å². The number of hydrogen-bond acceptors (Lipinski definition) is 6. The van der Waals surface area contributed by atoms with E-state index in [4.69, 9.17) is 14.2 Å². The monoisotopic (exact) mass is 1030 g/mol. The van der Waals surface area contributed by atoms with E-state index in [1.165, 1.54) is 270 Å². The molecule has 0 fully saturated rings. The van der Waals surface area contributed by atoms with Gasteiger partial charge in [0.1, 0.15) is 13.2 Å². The second-order valence-corrected chi connectivity index (χ2v) is 22.4. The molecule has 0 amide bonds. The van der Waals surface area contributed by atoms with Crippen LogP contribution in [0.5, 0.6) is 0 Å². The standard InChI is InChI=1S/C67H126O6/c1-4-7-10-13-16-19-22-25-28-31-33-34-35-37-39-42-45-48-51-54-57-60-66(69)72-63-64(62-71-65(68)59-56-53-50-47-44-41-38-30-27-24-21-18-15-12-9-6-3)73-67(70)61-58-55-52-49-46-43-40-36-32-29-26-23-20-17-14-11-8-5-2/h29,31-33,64H,4-28,30,34-63H2,1-3H3/b32-29-,33-31-. The highest BCUT2D eigenvalue weighted by Gasteiger charge is 2.19. The maximum atomic E-state index is 12.9. The molecule has 1 atom stereocenters. The van der Waals surface area contributed by atoms with E-state index in [2.05, 4.69) is 45.1 Å². The van der Waals surface area contributed by atoms with Crippen LogP contribution in [0.2, 0.25) is 0 Å². The Kier molecular flexibility index (Phi) is 60.6. The summed E-state index contributed by atoms with van der Waals surface area (Å²) in [5.74, 6) is -0.847. The molecular formula is C67H126O6. The number of ether oxygens (including phenoxy) is 3. The van der Waals surface area contributed by atoms with Crippen molar-refractivity contribution in [2.75, 3.05) is 13.2 Å². The summed E-state index contributed by atoms with van der Waals surface area (Å²) in [7, 11) is 0. The molecule has 0 radical (unpaired) electrons. The summed E-state index contributed by atoms with van der Waals surface area (Å²) >= 11 is 0. The first kappa shape index (κ1) is 70.9. The molecule has 0 N–H and O–H groups in total. The van der Waals surface area contributed by atoms with Crippen molar-refractivity contribution in [3.8, 4) is 0 Å². The van der Waals surface area contributed by atoms with Crippen LogP contribution in [-0.2, 0) is 28.6 Å². The quantitative estimate of drug-likeness (QED) is 0.0261. The number of allylic oxidation sites excluding steroid dienone is 4. The Morgan fingerprint density at radius 2 is 0.452 bits per heavy atom. The second-order valence-electron chi connectivity index (χ2n) is 22.4. The van der Waals surface area contributed by atoms with E-state index in [0.717, 1.165) is 57.8 Å². The number of esters is 3. The van der Waals surface area contributed by atoms with Crippen LogP contribution in [0.25, 0.3) is 0 Å². The number of carbonyl (C=O) groups is 3. The summed E-state index contributed by atoms with van der Waals surface area (Å²) in [4.78, 5) is 38.3. The molecule has 73 heavy (non-hydrogen) atoms. The van der Waals surface area contributed by atoms with Gasteiger partial charge in [-0.15, -0.1) is 0 Å². The van der Waals surface area contributed by atoms with E-state index in [0.29, 0.717) is 19.3 Å². The highest BCUT2D eigenvalue weighted by molar-refractivity contribution is 5.71. The fourth-order valence-electron chi connectivity index (χ4n) is 9.97. The summed E-state index contributed by atoms with van der Waals surface area (Å²) < 4.78 is 17.0. The molecule has 1 unspecified atom stereocenters. The Bertz CT molecular complexity index is 1180. The third kappa shape index (κ3) is 60.6. The van der Waals surface area contributed by atoms with Crippen LogP contribution in [-0.4, -0.2) is 37.2 Å². The minimum Gasteiger partial charge on any atom is -0.462 e. The van der Waals surface area contributed by atoms with Gasteiger partial charge in [0, 0.05) is 19.3 Å². The molecule has 0 aliphatic carbocycles. The van der Waals surface area contributed by atoms with E-state index in [1.807, 2.05) is 0 Å². The van der Waals surface area contributed by atoms with Gasteiger partial charge >= 0.3 is 17.9 Å². The zero-order valence-corrected chi connectivity index (χ0v) is 49.4. The summed E-state index contributed by atoms with van der Waals surface area (Å²) in [6.45, 7) is 6.70. The van der Waals surface area contributed by atoms with Crippen molar-refractivity contribution in [2.24, 2.45) is 0 Å². The molecule has 0 aliphatic rings. The lowest BCUT2D eigenvalue weighted by molar-refractivity contribution is -0.167. The maximum absolute atomic E-state index is 12.9. The molecule has 0 spiro atoms. The zero-order valence-electron chi connectivity index (χ0n) is 49.4. The third-order valence-corrected chi connectivity index (χ3v) is 14.9. The predicted octanol–water partition coefficient (Wildman–Crippen LogP) is 22.2. The Hall–Kier alpha value is -2.11. The number of hydrogen-bond donors (Lipinski definition) is 0. The van der Waals surface area contributed by atoms with Gasteiger partial charge in [-0.1, -0.05) is 302 Å². The van der Waals surface area contributed by atoms with Crippen LogP contribution < -0.4 is 0 Å². The van der Waals surface area contributed by atoms with Crippen LogP contribution in [0.15, 0.2) is 24.3 Å². The van der Waals surface area contributed by atoms with Crippen LogP contribution in [0.3, 0.4) is 0 Å². The lowest BCUT2D eigenvalue weighted by atomic mass is 10.0. The van der Waals surface area contributed by atoms with E-state index in [9.17, 15) is 14.4 Å². The van der Waals surface area contributed by atoms with Crippen molar-refractivity contribution >= 4 is 17.9 Å². The van der Waals surface area contributed by atoms with Gasteiger partial charge in [-0.3, -0.25) is 14.4 Å². The van der Waals surface area contributed by atoms with Crippen LogP contribution in [0, 0.1) is 0 Å². The molecule has 0 aromatic rings. The molecule has 0 aromatic heterocycles. The van der Waals surface area contributed by atoms with Gasteiger partial charge < -0.3 is 14.2 Å². The molecule has 430 valence electrons. The molecule has 6 heteroatoms. The smallest absolute Gasteiger partial charge is 0.306 e. The van der Waals surface area contributed by atoms with Crippen LogP contribution >= 0.6 is 0 Å². The minimum atomic E-state index is -0.772. The average molecular weight is 1030 g/mol. The fourth-order valence-corrected chi connectivity index (χ4v) is 9.97. The fraction of sp³-hybridized carbons (Fsp3) is 0.896. The Labute approximate surface area is 455 Å². The largest absolute Gasteiger partial charge is 0.462 e. The summed E-state index contributed by atoms with van der Waals surface area (Å²) in [5, 5.41) is 0. The van der Waals surface area contributed by atoms with Crippen LogP contribution in [0.1, 0.15) is 367 Å². The summed E-state index contributed by atoms with van der Waals surface area (Å²) in [5.41, 5.74) is 0. The van der Waals surface area contributed by atoms with E-state index in [-0.39, 0.29) is 31.1 Å². The van der Waals surface area contributed by atoms with Crippen molar-refractivity contribution in [1.82, 2.24) is 0 Å². The predicted molar refractivity (Wildman–Crippen MR) is 316 cm³/mol. The maximum Gasteiger partial charge on any atom is 0.306 e. The molecule has 0 rings (SSSR count). The van der Waals surface area contributed by atoms with Crippen molar-refractivity contribution in [3.05, 3.63) is 24.3 Å². The lowest BCUT2D eigenvalue weighted by Gasteiger charge is -2.18. The topological polar surface area (TPSA) is 78.9 Å². The Morgan fingerprint density at radius 3 is 0.685 bits per heavy atom. The third-order valence-electron chi connectivity index (χ3n) is 14.9. The molecule has 0 saturated heterocycles. The highest BCUT2D eigenvalue weighted by Crippen LogP contribution is 2.18. The van der Waals surface area contributed by atoms with Gasteiger partial charge in [-0.05, 0) is 70.6 Å². The van der Waals surface area contributed by atoms with Crippen LogP contribution in [0.4, 0.5) is 0 Å². The van der Waals surface area contributed by atoms with Gasteiger partial charge in [-0.25, -0.2) is 0 Å². The molecule has 0 heterocycles. The average Bonchev–Trinajstić information content (AvgIpc) is 3.39. The van der Waals surface area contributed by atoms with E-state index >= 15 is 0 Å². The molecule has 0 aromatic carbocycles. The normalized spacial score (nSPS) is 12.1. The molecular weight excluding hydrogens is 901 g/mol. The first-order chi connectivity index (χ1) is 36.0. The SMILES string of the molecule is CCCCCCCCC/C=C\CCCCCCCCCC(=O)OC(COC(=O)CCCCCCCCCCC/C=C\CCCCCCCCCC)COC(=O)CCCCCCCCCCCCCCCCCC. The summed E-state index contributed by atoms with van der Waals surface area (Å²) in [6, 6.07) is 0. The first-order valence-corrected chi connectivity index (χ1v) is 32.8. The van der Waals surface area contributed by atoms with Gasteiger partial charge in [0.15, 0.2) is 6.10 Å². The zero-order chi connectivity index (χ0) is 52.9. The van der Waals surface area contributed by atoms with Gasteiger partial charge in [0.05, 0.1) is 0 Å². The minimum absolute atomic E-state index is 0.0684. The van der Waals surface area contributed by atoms with Gasteiger partial charge in [-0.2, -0.15) is 0 Å². The molecule has 0 saturated carbocycles. The Morgan fingerprint density at radius 1 is 0.260 bits per heavy atom. The van der Waals surface area contributed by atoms with Crippen molar-refractivity contribution < 1.29 is 28.6 Å². The first-order valence-electron chi connectivity index (χ1n) is 32.8. The molecule has 6 nitrogen and oxygen atoms in total. The molecule has 0 bridgehead atoms. The number of carbonyl (C=O) groups excluding carboxylic acids is 3. The van der Waals surface area contributed by atoms with E-state index < -0.39 is 6.10 Å². The number of rotatable bonds is 61. The lowest BCUT2D eigenvalue weighted by Crippen LogP contribution is -2.30.